The van der Waals surface area contributed by atoms with E-state index in [0.29, 0.717) is 5.69 Å². The molecule has 2 aromatic carbocycles. The molecule has 0 atom stereocenters. The minimum Gasteiger partial charge on any atom is -0.398 e. The highest BCUT2D eigenvalue weighted by Crippen LogP contribution is 2.24. The van der Waals surface area contributed by atoms with Gasteiger partial charge in [0, 0.05) is 5.69 Å². The summed E-state index contributed by atoms with van der Waals surface area (Å²) < 4.78 is 40.2. The maximum Gasteiger partial charge on any atom is 0.266 e. The lowest BCUT2D eigenvalue weighted by Gasteiger charge is -2.11. The van der Waals surface area contributed by atoms with Gasteiger partial charge in [-0.1, -0.05) is 18.2 Å². The van der Waals surface area contributed by atoms with E-state index in [0.717, 1.165) is 11.6 Å². The Labute approximate surface area is 111 Å². The molecule has 6 heteroatoms. The number of anilines is 2. The van der Waals surface area contributed by atoms with Gasteiger partial charge in [0.2, 0.25) is 0 Å². The first-order chi connectivity index (χ1) is 8.90. The fourth-order valence-corrected chi connectivity index (χ4v) is 2.97. The summed E-state index contributed by atoms with van der Waals surface area (Å²) in [6.07, 6.45) is 0. The van der Waals surface area contributed by atoms with Crippen LogP contribution in [0.15, 0.2) is 47.4 Å². The van der Waals surface area contributed by atoms with Crippen LogP contribution in [0.2, 0.25) is 0 Å². The Morgan fingerprint density at radius 1 is 1.16 bits per heavy atom. The van der Waals surface area contributed by atoms with Crippen molar-refractivity contribution >= 4 is 21.4 Å². The van der Waals surface area contributed by atoms with Gasteiger partial charge in [0.05, 0.1) is 5.69 Å². The number of nitrogen functional groups attached to an aromatic ring is 1. The molecule has 0 aliphatic heterocycles. The molecule has 0 aliphatic carbocycles. The van der Waals surface area contributed by atoms with Crippen LogP contribution in [-0.4, -0.2) is 8.42 Å². The molecule has 0 spiro atoms. The van der Waals surface area contributed by atoms with Crippen LogP contribution in [-0.2, 0) is 10.0 Å². The van der Waals surface area contributed by atoms with Crippen LogP contribution in [0.25, 0.3) is 0 Å². The fraction of sp³-hybridized carbons (Fsp3) is 0.0769. The summed E-state index contributed by atoms with van der Waals surface area (Å²) in [5.74, 6) is -0.875. The molecule has 0 fully saturated rings. The number of nitrogens with one attached hydrogen (secondary N) is 1. The quantitative estimate of drug-likeness (QED) is 0.848. The molecule has 2 rings (SSSR count). The maximum absolute atomic E-state index is 13.6. The Balaban J connectivity index is 2.44. The molecule has 0 aliphatic rings. The van der Waals surface area contributed by atoms with Crippen LogP contribution >= 0.6 is 0 Å². The van der Waals surface area contributed by atoms with Crippen LogP contribution in [0.3, 0.4) is 0 Å². The van der Waals surface area contributed by atoms with Crippen molar-refractivity contribution in [3.05, 3.63) is 53.8 Å². The summed E-state index contributed by atoms with van der Waals surface area (Å²) >= 11 is 0. The molecular formula is C13H13FN2O2S. The third-order valence-electron chi connectivity index (χ3n) is 2.54. The average Bonchev–Trinajstić information content (AvgIpc) is 2.27. The molecule has 19 heavy (non-hydrogen) atoms. The van der Waals surface area contributed by atoms with Crippen molar-refractivity contribution < 1.29 is 12.8 Å². The van der Waals surface area contributed by atoms with Crippen molar-refractivity contribution in [1.29, 1.82) is 0 Å². The van der Waals surface area contributed by atoms with E-state index in [4.69, 9.17) is 5.73 Å². The molecular weight excluding hydrogens is 267 g/mol. The normalized spacial score (nSPS) is 11.3. The van der Waals surface area contributed by atoms with E-state index < -0.39 is 20.7 Å². The first-order valence-corrected chi connectivity index (χ1v) is 7.02. The van der Waals surface area contributed by atoms with Gasteiger partial charge in [0.15, 0.2) is 0 Å². The van der Waals surface area contributed by atoms with Gasteiger partial charge in [-0.25, -0.2) is 12.8 Å². The van der Waals surface area contributed by atoms with E-state index in [2.05, 4.69) is 4.72 Å². The van der Waals surface area contributed by atoms with Crippen LogP contribution < -0.4 is 10.5 Å². The van der Waals surface area contributed by atoms with Crippen LogP contribution in [0.5, 0.6) is 0 Å². The van der Waals surface area contributed by atoms with Gasteiger partial charge < -0.3 is 5.73 Å². The van der Waals surface area contributed by atoms with Crippen LogP contribution in [0.4, 0.5) is 15.8 Å². The number of aryl methyl sites for hydroxylation is 1. The molecule has 0 unspecified atom stereocenters. The zero-order chi connectivity index (χ0) is 14.0. The summed E-state index contributed by atoms with van der Waals surface area (Å²) in [5.41, 5.74) is 6.66. The molecule has 0 bridgehead atoms. The number of hydrogen-bond donors (Lipinski definition) is 2. The van der Waals surface area contributed by atoms with Gasteiger partial charge in [-0.2, -0.15) is 0 Å². The third kappa shape index (κ3) is 2.85. The lowest BCUT2D eigenvalue weighted by molar-refractivity contribution is 0.572. The van der Waals surface area contributed by atoms with Gasteiger partial charge in [-0.3, -0.25) is 4.72 Å². The molecule has 4 nitrogen and oxygen atoms in total. The first kappa shape index (κ1) is 13.4. The van der Waals surface area contributed by atoms with Crippen molar-refractivity contribution in [3.63, 3.8) is 0 Å². The number of halogens is 1. The second kappa shape index (κ2) is 4.89. The lowest BCUT2D eigenvalue weighted by Crippen LogP contribution is -2.16. The van der Waals surface area contributed by atoms with Gasteiger partial charge in [-0.15, -0.1) is 0 Å². The molecule has 0 saturated heterocycles. The Hall–Kier alpha value is -2.08. The topological polar surface area (TPSA) is 72.2 Å². The number of rotatable bonds is 3. The summed E-state index contributed by atoms with van der Waals surface area (Å²) in [6, 6.07) is 10.5. The predicted molar refractivity (Wildman–Crippen MR) is 72.8 cm³/mol. The lowest BCUT2D eigenvalue weighted by atomic mass is 10.2. The molecule has 0 aromatic heterocycles. The van der Waals surface area contributed by atoms with Gasteiger partial charge in [-0.05, 0) is 36.8 Å². The smallest absolute Gasteiger partial charge is 0.266 e. The minimum atomic E-state index is -4.04. The second-order valence-electron chi connectivity index (χ2n) is 4.13. The Bertz CT molecular complexity index is 694. The monoisotopic (exact) mass is 280 g/mol. The minimum absolute atomic E-state index is 0.125. The van der Waals surface area contributed by atoms with Crippen LogP contribution in [0.1, 0.15) is 5.56 Å². The Morgan fingerprint density at radius 3 is 2.47 bits per heavy atom. The Kier molecular flexibility index (Phi) is 3.44. The molecule has 0 heterocycles. The van der Waals surface area contributed by atoms with E-state index in [9.17, 15) is 12.8 Å². The summed E-state index contributed by atoms with van der Waals surface area (Å²) in [7, 11) is -4.04. The largest absolute Gasteiger partial charge is 0.398 e. The van der Waals surface area contributed by atoms with Crippen molar-refractivity contribution in [2.75, 3.05) is 10.5 Å². The molecule has 100 valence electrons. The predicted octanol–water partition coefficient (Wildman–Crippen LogP) is 2.52. The first-order valence-electron chi connectivity index (χ1n) is 5.53. The zero-order valence-electron chi connectivity index (χ0n) is 10.2. The summed E-state index contributed by atoms with van der Waals surface area (Å²) in [5, 5.41) is 0. The van der Waals surface area contributed by atoms with Crippen molar-refractivity contribution in [2.24, 2.45) is 0 Å². The highest BCUT2D eigenvalue weighted by Gasteiger charge is 2.22. The van der Waals surface area contributed by atoms with Gasteiger partial charge >= 0.3 is 0 Å². The molecule has 0 radical (unpaired) electrons. The van der Waals surface area contributed by atoms with Crippen molar-refractivity contribution in [3.8, 4) is 0 Å². The number of benzene rings is 2. The standard InChI is InChI=1S/C13H13FN2O2S/c1-9-4-2-5-10(8-9)16-19(17,18)13-11(14)6-3-7-12(13)15/h2-8,16H,15H2,1H3. The highest BCUT2D eigenvalue weighted by molar-refractivity contribution is 7.92. The van der Waals surface area contributed by atoms with E-state index in [1.54, 1.807) is 18.2 Å². The molecule has 0 saturated carbocycles. The average molecular weight is 280 g/mol. The molecule has 2 aromatic rings. The number of hydrogen-bond acceptors (Lipinski definition) is 3. The van der Waals surface area contributed by atoms with E-state index in [1.807, 2.05) is 13.0 Å². The summed E-state index contributed by atoms with van der Waals surface area (Å²) in [6.45, 7) is 1.83. The number of nitrogens with two attached hydrogens (primary N) is 1. The van der Waals surface area contributed by atoms with Crippen LogP contribution in [0, 0.1) is 12.7 Å². The third-order valence-corrected chi connectivity index (χ3v) is 4.01. The van der Waals surface area contributed by atoms with Crippen molar-refractivity contribution in [1.82, 2.24) is 0 Å². The van der Waals surface area contributed by atoms with E-state index in [-0.39, 0.29) is 5.69 Å². The van der Waals surface area contributed by atoms with E-state index >= 15 is 0 Å². The number of sulfonamides is 1. The van der Waals surface area contributed by atoms with Crippen molar-refractivity contribution in [2.45, 2.75) is 11.8 Å². The highest BCUT2D eigenvalue weighted by atomic mass is 32.2. The second-order valence-corrected chi connectivity index (χ2v) is 5.75. The van der Waals surface area contributed by atoms with Gasteiger partial charge in [0.25, 0.3) is 10.0 Å². The van der Waals surface area contributed by atoms with Gasteiger partial charge in [0.1, 0.15) is 10.7 Å². The van der Waals surface area contributed by atoms with E-state index in [1.165, 1.54) is 12.1 Å². The Morgan fingerprint density at radius 2 is 1.84 bits per heavy atom. The zero-order valence-corrected chi connectivity index (χ0v) is 11.0. The molecule has 0 amide bonds. The molecule has 3 N–H and O–H groups in total. The maximum atomic E-state index is 13.6. The summed E-state index contributed by atoms with van der Waals surface area (Å²) in [4.78, 5) is -0.531. The SMILES string of the molecule is Cc1cccc(NS(=O)(=O)c2c(N)cccc2F)c1. The fourth-order valence-electron chi connectivity index (χ4n) is 1.72.